The molecule has 0 saturated carbocycles. The summed E-state index contributed by atoms with van der Waals surface area (Å²) in [5.74, 6) is -0.282. The van der Waals surface area contributed by atoms with Gasteiger partial charge in [-0.25, -0.2) is 4.79 Å². The fourth-order valence-electron chi connectivity index (χ4n) is 1.98. The first-order chi connectivity index (χ1) is 10.1. The minimum atomic E-state index is -0.282. The van der Waals surface area contributed by atoms with Gasteiger partial charge in [-0.15, -0.1) is 0 Å². The third-order valence-corrected chi connectivity index (χ3v) is 4.18. The standard InChI is InChI=1S/C17H19NO2S/c1-3-12-11-14(18)7-10-16(12)21-15-8-5-13(6-9-15)17(19)20-4-2/h5-11H,3-4,18H2,1-2H3. The number of ether oxygens (including phenoxy) is 1. The van der Waals surface area contributed by atoms with E-state index in [-0.39, 0.29) is 5.97 Å². The van der Waals surface area contributed by atoms with Crippen molar-refractivity contribution in [1.82, 2.24) is 0 Å². The van der Waals surface area contributed by atoms with E-state index in [9.17, 15) is 4.79 Å². The Bertz CT molecular complexity index is 623. The summed E-state index contributed by atoms with van der Waals surface area (Å²) in [6.07, 6.45) is 0.939. The van der Waals surface area contributed by atoms with Gasteiger partial charge in [-0.05, 0) is 61.4 Å². The number of carbonyl (C=O) groups is 1. The number of rotatable bonds is 5. The Kier molecular flexibility index (Phi) is 5.28. The maximum Gasteiger partial charge on any atom is 0.338 e. The summed E-state index contributed by atoms with van der Waals surface area (Å²) in [6.45, 7) is 4.30. The molecule has 0 fully saturated rings. The third kappa shape index (κ3) is 4.02. The van der Waals surface area contributed by atoms with Crippen molar-refractivity contribution in [3.63, 3.8) is 0 Å². The Hall–Kier alpha value is -1.94. The van der Waals surface area contributed by atoms with Gasteiger partial charge in [-0.3, -0.25) is 0 Å². The van der Waals surface area contributed by atoms with E-state index < -0.39 is 0 Å². The summed E-state index contributed by atoms with van der Waals surface area (Å²) < 4.78 is 4.98. The van der Waals surface area contributed by atoms with Crippen molar-refractivity contribution in [2.45, 2.75) is 30.1 Å². The number of anilines is 1. The zero-order valence-corrected chi connectivity index (χ0v) is 13.1. The molecule has 2 aromatic rings. The van der Waals surface area contributed by atoms with Crippen molar-refractivity contribution in [3.05, 3.63) is 53.6 Å². The molecule has 0 aromatic heterocycles. The molecule has 0 radical (unpaired) electrons. The van der Waals surface area contributed by atoms with Gasteiger partial charge < -0.3 is 10.5 Å². The van der Waals surface area contributed by atoms with Gasteiger partial charge in [0.05, 0.1) is 12.2 Å². The van der Waals surface area contributed by atoms with Crippen molar-refractivity contribution in [2.75, 3.05) is 12.3 Å². The second-order valence-corrected chi connectivity index (χ2v) is 5.68. The molecule has 4 heteroatoms. The zero-order valence-electron chi connectivity index (χ0n) is 12.3. The molecule has 0 aliphatic heterocycles. The smallest absolute Gasteiger partial charge is 0.338 e. The molecule has 3 nitrogen and oxygen atoms in total. The van der Waals surface area contributed by atoms with Crippen LogP contribution in [0.25, 0.3) is 0 Å². The molecule has 0 unspecified atom stereocenters. The van der Waals surface area contributed by atoms with Gasteiger partial charge in [0.25, 0.3) is 0 Å². The molecule has 2 N–H and O–H groups in total. The van der Waals surface area contributed by atoms with Gasteiger partial charge in [0.2, 0.25) is 0 Å². The third-order valence-electron chi connectivity index (χ3n) is 3.06. The van der Waals surface area contributed by atoms with Gasteiger partial charge in [0.15, 0.2) is 0 Å². The lowest BCUT2D eigenvalue weighted by Gasteiger charge is -2.09. The predicted molar refractivity (Wildman–Crippen MR) is 86.8 cm³/mol. The summed E-state index contributed by atoms with van der Waals surface area (Å²) in [7, 11) is 0. The van der Waals surface area contributed by atoms with Gasteiger partial charge in [-0.2, -0.15) is 0 Å². The molecular formula is C17H19NO2S. The lowest BCUT2D eigenvalue weighted by atomic mass is 10.1. The molecule has 0 atom stereocenters. The van der Waals surface area contributed by atoms with Crippen LogP contribution in [-0.2, 0) is 11.2 Å². The predicted octanol–water partition coefficient (Wildman–Crippen LogP) is 4.16. The number of hydrogen-bond acceptors (Lipinski definition) is 4. The number of aryl methyl sites for hydroxylation is 1. The first-order valence-corrected chi connectivity index (χ1v) is 7.79. The number of carbonyl (C=O) groups excluding carboxylic acids is 1. The molecule has 0 spiro atoms. The average Bonchev–Trinajstić information content (AvgIpc) is 2.50. The van der Waals surface area contributed by atoms with Gasteiger partial charge in [-0.1, -0.05) is 18.7 Å². The van der Waals surface area contributed by atoms with Gasteiger partial charge >= 0.3 is 5.97 Å². The molecular weight excluding hydrogens is 282 g/mol. The summed E-state index contributed by atoms with van der Waals surface area (Å²) in [5, 5.41) is 0. The SMILES string of the molecule is CCOC(=O)c1ccc(Sc2ccc(N)cc2CC)cc1. The van der Waals surface area contributed by atoms with Crippen LogP contribution < -0.4 is 5.73 Å². The molecule has 0 aliphatic carbocycles. The van der Waals surface area contributed by atoms with E-state index in [0.29, 0.717) is 12.2 Å². The molecule has 0 aliphatic rings. The van der Waals surface area contributed by atoms with E-state index in [2.05, 4.69) is 6.92 Å². The van der Waals surface area contributed by atoms with E-state index >= 15 is 0 Å². The second-order valence-electron chi connectivity index (χ2n) is 4.57. The first kappa shape index (κ1) is 15.4. The molecule has 21 heavy (non-hydrogen) atoms. The highest BCUT2D eigenvalue weighted by Gasteiger charge is 2.07. The zero-order chi connectivity index (χ0) is 15.2. The lowest BCUT2D eigenvalue weighted by molar-refractivity contribution is 0.0526. The number of nitrogens with two attached hydrogens (primary N) is 1. The van der Waals surface area contributed by atoms with Crippen molar-refractivity contribution in [1.29, 1.82) is 0 Å². The molecule has 110 valence electrons. The van der Waals surface area contributed by atoms with Crippen molar-refractivity contribution < 1.29 is 9.53 Å². The highest BCUT2D eigenvalue weighted by molar-refractivity contribution is 7.99. The van der Waals surface area contributed by atoms with Gasteiger partial charge in [0.1, 0.15) is 0 Å². The Labute approximate surface area is 129 Å². The van der Waals surface area contributed by atoms with E-state index in [1.165, 1.54) is 10.5 Å². The maximum absolute atomic E-state index is 11.6. The molecule has 2 aromatic carbocycles. The normalized spacial score (nSPS) is 10.4. The lowest BCUT2D eigenvalue weighted by Crippen LogP contribution is -2.03. The highest BCUT2D eigenvalue weighted by atomic mass is 32.2. The van der Waals surface area contributed by atoms with Crippen molar-refractivity contribution in [2.24, 2.45) is 0 Å². The van der Waals surface area contributed by atoms with Crippen LogP contribution in [0.2, 0.25) is 0 Å². The second kappa shape index (κ2) is 7.18. The summed E-state index contributed by atoms with van der Waals surface area (Å²) in [5.41, 5.74) is 8.41. The molecule has 2 rings (SSSR count). The van der Waals surface area contributed by atoms with Crippen molar-refractivity contribution >= 4 is 23.4 Å². The van der Waals surface area contributed by atoms with Crippen LogP contribution in [0.1, 0.15) is 29.8 Å². The number of esters is 1. The van der Waals surface area contributed by atoms with Crippen LogP contribution in [0.15, 0.2) is 52.3 Å². The number of benzene rings is 2. The van der Waals surface area contributed by atoms with E-state index in [1.54, 1.807) is 30.8 Å². The van der Waals surface area contributed by atoms with E-state index in [4.69, 9.17) is 10.5 Å². The molecule has 0 amide bonds. The van der Waals surface area contributed by atoms with E-state index in [1.807, 2.05) is 30.3 Å². The quantitative estimate of drug-likeness (QED) is 0.665. The monoisotopic (exact) mass is 301 g/mol. The Morgan fingerprint density at radius 2 is 1.86 bits per heavy atom. The van der Waals surface area contributed by atoms with Crippen molar-refractivity contribution in [3.8, 4) is 0 Å². The van der Waals surface area contributed by atoms with Gasteiger partial charge in [0, 0.05) is 15.5 Å². The van der Waals surface area contributed by atoms with Crippen LogP contribution in [0.5, 0.6) is 0 Å². The molecule has 0 bridgehead atoms. The Morgan fingerprint density at radius 1 is 1.14 bits per heavy atom. The summed E-state index contributed by atoms with van der Waals surface area (Å²) in [4.78, 5) is 13.9. The summed E-state index contributed by atoms with van der Waals surface area (Å²) >= 11 is 1.67. The van der Waals surface area contributed by atoms with Crippen LogP contribution in [-0.4, -0.2) is 12.6 Å². The van der Waals surface area contributed by atoms with Crippen LogP contribution in [0, 0.1) is 0 Å². The average molecular weight is 301 g/mol. The maximum atomic E-state index is 11.6. The Balaban J connectivity index is 2.15. The highest BCUT2D eigenvalue weighted by Crippen LogP contribution is 2.32. The molecule has 0 heterocycles. The number of nitrogen functional groups attached to an aromatic ring is 1. The minimum absolute atomic E-state index is 0.282. The largest absolute Gasteiger partial charge is 0.462 e. The first-order valence-electron chi connectivity index (χ1n) is 6.97. The fraction of sp³-hybridized carbons (Fsp3) is 0.235. The minimum Gasteiger partial charge on any atom is -0.462 e. The van der Waals surface area contributed by atoms with Crippen LogP contribution in [0.4, 0.5) is 5.69 Å². The molecule has 0 saturated heterocycles. The number of hydrogen-bond donors (Lipinski definition) is 1. The summed E-state index contributed by atoms with van der Waals surface area (Å²) in [6, 6.07) is 13.4. The van der Waals surface area contributed by atoms with Crippen LogP contribution >= 0.6 is 11.8 Å². The van der Waals surface area contributed by atoms with E-state index in [0.717, 1.165) is 17.0 Å². The fourth-order valence-corrected chi connectivity index (χ4v) is 2.97. The Morgan fingerprint density at radius 3 is 2.48 bits per heavy atom. The van der Waals surface area contributed by atoms with Crippen LogP contribution in [0.3, 0.4) is 0 Å². The topological polar surface area (TPSA) is 52.3 Å².